The number of aryl methyl sites for hydroxylation is 1. The van der Waals surface area contributed by atoms with Crippen molar-refractivity contribution in [3.05, 3.63) is 65.2 Å². The van der Waals surface area contributed by atoms with Crippen molar-refractivity contribution in [2.45, 2.75) is 13.3 Å². The van der Waals surface area contributed by atoms with Crippen LogP contribution in [0, 0.1) is 6.92 Å². The number of nitrogens with zero attached hydrogens (tertiary/aromatic N) is 2. The highest BCUT2D eigenvalue weighted by molar-refractivity contribution is 6.27. The molecule has 0 spiro atoms. The van der Waals surface area contributed by atoms with E-state index in [9.17, 15) is 0 Å². The fourth-order valence-electron chi connectivity index (χ4n) is 3.38. The molecule has 0 amide bonds. The lowest BCUT2D eigenvalue weighted by atomic mass is 10.0. The molecule has 0 unspecified atom stereocenters. The summed E-state index contributed by atoms with van der Waals surface area (Å²) in [4.78, 5) is 23.0. The molecule has 8 nitrogen and oxygen atoms in total. The van der Waals surface area contributed by atoms with Gasteiger partial charge in [-0.2, -0.15) is 0 Å². The molecule has 2 N–H and O–H groups in total. The maximum atomic E-state index is 9.10. The van der Waals surface area contributed by atoms with E-state index in [1.807, 2.05) is 0 Å². The molecule has 1 heterocycles. The zero-order valence-corrected chi connectivity index (χ0v) is 19.4. The Morgan fingerprint density at radius 3 is 2.21 bits per heavy atom. The molecule has 2 aromatic carbocycles. The number of hydrogen-bond donors (Lipinski definition) is 2. The number of rotatable bonds is 9. The minimum atomic E-state index is -1.82. The van der Waals surface area contributed by atoms with Gasteiger partial charge in [0.25, 0.3) is 0 Å². The Balaban J connectivity index is 0.000000569. The summed E-state index contributed by atoms with van der Waals surface area (Å²) in [5, 5.41) is 14.8. The average Bonchev–Trinajstić information content (AvgIpc) is 2.79. The third kappa shape index (κ3) is 10.5. The summed E-state index contributed by atoms with van der Waals surface area (Å²) < 4.78 is 11.8. The second kappa shape index (κ2) is 14.3. The lowest BCUT2D eigenvalue weighted by Gasteiger charge is -2.32. The molecule has 1 saturated heterocycles. The van der Waals surface area contributed by atoms with Gasteiger partial charge in [-0.3, -0.25) is 4.90 Å². The molecular weight excluding hydrogens is 424 g/mol. The summed E-state index contributed by atoms with van der Waals surface area (Å²) >= 11 is 0. The normalized spacial score (nSPS) is 14.2. The Labute approximate surface area is 195 Å². The minimum Gasteiger partial charge on any atom is -0.491 e. The summed E-state index contributed by atoms with van der Waals surface area (Å²) in [6, 6.07) is 16.9. The maximum absolute atomic E-state index is 9.10. The van der Waals surface area contributed by atoms with Gasteiger partial charge < -0.3 is 24.6 Å². The first-order chi connectivity index (χ1) is 15.8. The van der Waals surface area contributed by atoms with Crippen LogP contribution in [-0.4, -0.2) is 91.5 Å². The molecule has 0 saturated carbocycles. The van der Waals surface area contributed by atoms with E-state index in [1.165, 1.54) is 16.7 Å². The number of ether oxygens (including phenoxy) is 2. The number of carbonyl (C=O) groups is 2. The van der Waals surface area contributed by atoms with E-state index in [0.29, 0.717) is 13.2 Å². The summed E-state index contributed by atoms with van der Waals surface area (Å²) in [6.45, 7) is 9.72. The number of carboxylic acids is 2. The highest BCUT2D eigenvalue weighted by Crippen LogP contribution is 2.23. The molecule has 1 aliphatic rings. The lowest BCUT2D eigenvalue weighted by molar-refractivity contribution is -0.159. The van der Waals surface area contributed by atoms with E-state index in [-0.39, 0.29) is 0 Å². The maximum Gasteiger partial charge on any atom is 0.414 e. The Morgan fingerprint density at radius 1 is 0.909 bits per heavy atom. The first-order valence-corrected chi connectivity index (χ1v) is 11.1. The zero-order chi connectivity index (χ0) is 24.1. The van der Waals surface area contributed by atoms with Gasteiger partial charge >= 0.3 is 11.9 Å². The highest BCUT2D eigenvalue weighted by atomic mass is 16.5. The quantitative estimate of drug-likeness (QED) is 0.437. The molecule has 1 aliphatic heterocycles. The van der Waals surface area contributed by atoms with E-state index >= 15 is 0 Å². The summed E-state index contributed by atoms with van der Waals surface area (Å²) in [7, 11) is 2.18. The van der Waals surface area contributed by atoms with Gasteiger partial charge in [0.1, 0.15) is 12.4 Å². The van der Waals surface area contributed by atoms with Gasteiger partial charge in [0.2, 0.25) is 0 Å². The van der Waals surface area contributed by atoms with Crippen LogP contribution < -0.4 is 4.74 Å². The van der Waals surface area contributed by atoms with Crippen molar-refractivity contribution in [3.8, 4) is 5.75 Å². The second-order valence-electron chi connectivity index (χ2n) is 7.99. The zero-order valence-electron chi connectivity index (χ0n) is 19.4. The first-order valence-electron chi connectivity index (χ1n) is 11.1. The molecule has 0 aliphatic carbocycles. The van der Waals surface area contributed by atoms with Crippen molar-refractivity contribution in [2.24, 2.45) is 0 Å². The van der Waals surface area contributed by atoms with Crippen LogP contribution in [0.4, 0.5) is 0 Å². The monoisotopic (exact) mass is 458 g/mol. The van der Waals surface area contributed by atoms with Crippen LogP contribution in [0.25, 0.3) is 0 Å². The predicted octanol–water partition coefficient (Wildman–Crippen LogP) is 2.38. The number of carboxylic acid groups (broad SMARTS) is 2. The molecule has 0 atom stereocenters. The Bertz CT molecular complexity index is 854. The molecule has 1 fully saturated rings. The smallest absolute Gasteiger partial charge is 0.414 e. The molecule has 0 bridgehead atoms. The van der Waals surface area contributed by atoms with Crippen molar-refractivity contribution in [1.29, 1.82) is 0 Å². The van der Waals surface area contributed by atoms with Crippen molar-refractivity contribution < 1.29 is 29.3 Å². The minimum absolute atomic E-state index is 0.591. The number of aliphatic carboxylic acids is 2. The third-order valence-electron chi connectivity index (χ3n) is 5.27. The van der Waals surface area contributed by atoms with E-state index in [1.54, 1.807) is 0 Å². The molecule has 0 radical (unpaired) electrons. The van der Waals surface area contributed by atoms with Gasteiger partial charge in [-0.05, 0) is 31.2 Å². The standard InChI is InChI=1S/C23H32N2O2.C2H2O4/c1-20-8-9-23(22(18-20)19-21-6-4-3-5-7-21)27-17-16-26-15-14-25-12-10-24(2)11-13-25;3-1(4)2(5)6/h3-9,18H,10-17,19H2,1-2H3;(H,3,4)(H,5,6). The fourth-order valence-corrected chi connectivity index (χ4v) is 3.38. The van der Waals surface area contributed by atoms with Gasteiger partial charge in [-0.25, -0.2) is 9.59 Å². The van der Waals surface area contributed by atoms with E-state index < -0.39 is 11.9 Å². The van der Waals surface area contributed by atoms with Crippen molar-refractivity contribution in [1.82, 2.24) is 9.80 Å². The predicted molar refractivity (Wildman–Crippen MR) is 126 cm³/mol. The molecule has 2 aromatic rings. The number of piperazine rings is 1. The van der Waals surface area contributed by atoms with Crippen LogP contribution in [0.1, 0.15) is 16.7 Å². The lowest BCUT2D eigenvalue weighted by Crippen LogP contribution is -2.45. The van der Waals surface area contributed by atoms with Crippen LogP contribution in [0.15, 0.2) is 48.5 Å². The summed E-state index contributed by atoms with van der Waals surface area (Å²) in [6.07, 6.45) is 0.891. The highest BCUT2D eigenvalue weighted by Gasteiger charge is 2.13. The number of likely N-dealkylation sites (N-methyl/N-ethyl adjacent to an activating group) is 1. The number of hydrogen-bond acceptors (Lipinski definition) is 6. The Morgan fingerprint density at radius 2 is 1.58 bits per heavy atom. The van der Waals surface area contributed by atoms with Crippen molar-refractivity contribution >= 4 is 11.9 Å². The van der Waals surface area contributed by atoms with Crippen LogP contribution in [-0.2, 0) is 20.7 Å². The summed E-state index contributed by atoms with van der Waals surface area (Å²) in [5.74, 6) is -2.68. The van der Waals surface area contributed by atoms with Gasteiger partial charge in [-0.1, -0.05) is 48.0 Å². The van der Waals surface area contributed by atoms with Crippen molar-refractivity contribution in [3.63, 3.8) is 0 Å². The molecule has 180 valence electrons. The van der Waals surface area contributed by atoms with E-state index in [2.05, 4.69) is 72.3 Å². The topological polar surface area (TPSA) is 99.5 Å². The van der Waals surface area contributed by atoms with Crippen LogP contribution in [0.3, 0.4) is 0 Å². The van der Waals surface area contributed by atoms with Gasteiger partial charge in [0.05, 0.1) is 13.2 Å². The van der Waals surface area contributed by atoms with Crippen LogP contribution in [0.5, 0.6) is 5.75 Å². The van der Waals surface area contributed by atoms with E-state index in [4.69, 9.17) is 29.3 Å². The Hall–Kier alpha value is -2.94. The van der Waals surface area contributed by atoms with Crippen LogP contribution in [0.2, 0.25) is 0 Å². The third-order valence-corrected chi connectivity index (χ3v) is 5.27. The molecule has 0 aromatic heterocycles. The molecule has 8 heteroatoms. The second-order valence-corrected chi connectivity index (χ2v) is 7.99. The molecule has 33 heavy (non-hydrogen) atoms. The van der Waals surface area contributed by atoms with Crippen LogP contribution >= 0.6 is 0 Å². The molecule has 3 rings (SSSR count). The van der Waals surface area contributed by atoms with Gasteiger partial charge in [0.15, 0.2) is 0 Å². The Kier molecular flexibility index (Phi) is 11.4. The van der Waals surface area contributed by atoms with E-state index in [0.717, 1.165) is 51.5 Å². The molecular formula is C25H34N2O6. The summed E-state index contributed by atoms with van der Waals surface area (Å²) in [5.41, 5.74) is 3.80. The average molecular weight is 459 g/mol. The van der Waals surface area contributed by atoms with Gasteiger partial charge in [-0.15, -0.1) is 0 Å². The largest absolute Gasteiger partial charge is 0.491 e. The van der Waals surface area contributed by atoms with Gasteiger partial charge in [0, 0.05) is 39.1 Å². The van der Waals surface area contributed by atoms with Crippen molar-refractivity contribution in [2.75, 3.05) is 59.6 Å². The fraction of sp³-hybridized carbons (Fsp3) is 0.440. The first kappa shape index (κ1) is 26.3. The number of benzene rings is 2. The SMILES string of the molecule is Cc1ccc(OCCOCCN2CCN(C)CC2)c(Cc2ccccc2)c1.O=C(O)C(=O)O.